The molecule has 1 unspecified atom stereocenters. The number of nitrogens with one attached hydrogen (secondary N) is 1. The number of hydrogen-bond acceptors (Lipinski definition) is 2. The first-order valence-electron chi connectivity index (χ1n) is 5.60. The molecular weight excluding hydrogens is 238 g/mol. The van der Waals surface area contributed by atoms with Gasteiger partial charge in [-0.2, -0.15) is 0 Å². The van der Waals surface area contributed by atoms with E-state index in [9.17, 15) is 4.79 Å². The molecule has 0 spiro atoms. The van der Waals surface area contributed by atoms with Crippen LogP contribution < -0.4 is 10.1 Å². The average molecular weight is 256 g/mol. The zero-order valence-corrected chi connectivity index (χ0v) is 11.2. The Morgan fingerprint density at radius 2 is 2.00 bits per heavy atom. The van der Waals surface area contributed by atoms with E-state index >= 15 is 0 Å². The molecule has 1 aromatic rings. The van der Waals surface area contributed by atoms with Gasteiger partial charge in [0.25, 0.3) is 0 Å². The van der Waals surface area contributed by atoms with Gasteiger partial charge in [-0.3, -0.25) is 4.79 Å². The van der Waals surface area contributed by atoms with E-state index in [2.05, 4.69) is 5.32 Å². The van der Waals surface area contributed by atoms with Gasteiger partial charge in [-0.15, -0.1) is 11.6 Å². The summed E-state index contributed by atoms with van der Waals surface area (Å²) < 4.78 is 5.81. The van der Waals surface area contributed by atoms with Gasteiger partial charge in [0, 0.05) is 0 Å². The van der Waals surface area contributed by atoms with Gasteiger partial charge in [-0.25, -0.2) is 0 Å². The third-order valence-corrected chi connectivity index (χ3v) is 2.68. The van der Waals surface area contributed by atoms with Gasteiger partial charge in [-0.05, 0) is 31.9 Å². The van der Waals surface area contributed by atoms with Crippen molar-refractivity contribution in [1.29, 1.82) is 0 Å². The molecule has 1 aromatic carbocycles. The van der Waals surface area contributed by atoms with Crippen LogP contribution in [0.2, 0.25) is 0 Å². The molecule has 1 rings (SSSR count). The molecule has 0 bridgehead atoms. The van der Waals surface area contributed by atoms with E-state index < -0.39 is 0 Å². The number of rotatable bonds is 5. The summed E-state index contributed by atoms with van der Waals surface area (Å²) in [6.45, 7) is 6.39. The van der Waals surface area contributed by atoms with E-state index in [0.717, 1.165) is 16.9 Å². The molecule has 0 aliphatic carbocycles. The molecule has 94 valence electrons. The van der Waals surface area contributed by atoms with Gasteiger partial charge in [-0.1, -0.05) is 18.2 Å². The fourth-order valence-electron chi connectivity index (χ4n) is 1.53. The first kappa shape index (κ1) is 13.8. The molecule has 17 heavy (non-hydrogen) atoms. The normalized spacial score (nSPS) is 12.0. The van der Waals surface area contributed by atoms with Gasteiger partial charge in [0.15, 0.2) is 0 Å². The van der Waals surface area contributed by atoms with E-state index in [4.69, 9.17) is 16.3 Å². The quantitative estimate of drug-likeness (QED) is 0.821. The number of carbonyl (C=O) groups excluding carboxylic acids is 1. The van der Waals surface area contributed by atoms with Crippen molar-refractivity contribution in [3.63, 3.8) is 0 Å². The number of ether oxygens (including phenoxy) is 1. The largest absolute Gasteiger partial charge is 0.488 e. The number of alkyl halides is 1. The van der Waals surface area contributed by atoms with E-state index in [1.165, 1.54) is 0 Å². The van der Waals surface area contributed by atoms with Crippen molar-refractivity contribution in [2.24, 2.45) is 0 Å². The molecule has 0 aliphatic rings. The molecule has 1 N–H and O–H groups in total. The highest BCUT2D eigenvalue weighted by molar-refractivity contribution is 6.27. The summed E-state index contributed by atoms with van der Waals surface area (Å²) in [5.41, 5.74) is 2.20. The predicted molar refractivity (Wildman–Crippen MR) is 69.7 cm³/mol. The van der Waals surface area contributed by atoms with Gasteiger partial charge in [0.2, 0.25) is 5.91 Å². The minimum absolute atomic E-state index is 0.0177. The van der Waals surface area contributed by atoms with E-state index in [1.54, 1.807) is 0 Å². The smallest absolute Gasteiger partial charge is 0.235 e. The molecule has 0 aromatic heterocycles. The Labute approximate surface area is 107 Å². The second-order valence-corrected chi connectivity index (χ2v) is 4.35. The van der Waals surface area contributed by atoms with E-state index in [1.807, 2.05) is 39.0 Å². The van der Waals surface area contributed by atoms with Crippen LogP contribution in [0.15, 0.2) is 18.2 Å². The van der Waals surface area contributed by atoms with Crippen LogP contribution in [0.5, 0.6) is 5.75 Å². The first-order chi connectivity index (χ1) is 8.04. The Morgan fingerprint density at radius 1 is 1.41 bits per heavy atom. The summed E-state index contributed by atoms with van der Waals surface area (Å²) in [5, 5.41) is 2.70. The fourth-order valence-corrected chi connectivity index (χ4v) is 1.63. The maximum absolute atomic E-state index is 11.0. The van der Waals surface area contributed by atoms with Crippen LogP contribution in [0.4, 0.5) is 0 Å². The number of halogens is 1. The molecule has 0 heterocycles. The fraction of sp³-hybridized carbons (Fsp3) is 0.462. The van der Waals surface area contributed by atoms with Crippen molar-refractivity contribution in [3.8, 4) is 5.75 Å². The summed E-state index contributed by atoms with van der Waals surface area (Å²) in [6, 6.07) is 6.01. The number of para-hydroxylation sites is 1. The second kappa shape index (κ2) is 6.50. The Morgan fingerprint density at radius 3 is 2.53 bits per heavy atom. The average Bonchev–Trinajstić information content (AvgIpc) is 2.31. The van der Waals surface area contributed by atoms with Crippen molar-refractivity contribution in [2.75, 3.05) is 12.4 Å². The van der Waals surface area contributed by atoms with Crippen molar-refractivity contribution in [1.82, 2.24) is 5.32 Å². The molecule has 1 atom stereocenters. The highest BCUT2D eigenvalue weighted by Gasteiger charge is 2.09. The SMILES string of the molecule is Cc1cccc(C)c1OC(C)CNC(=O)CCl. The van der Waals surface area contributed by atoms with Crippen LogP contribution in [0.3, 0.4) is 0 Å². The summed E-state index contributed by atoms with van der Waals surface area (Å²) in [6.07, 6.45) is -0.0815. The van der Waals surface area contributed by atoms with Crippen LogP contribution in [-0.4, -0.2) is 24.4 Å². The van der Waals surface area contributed by atoms with Crippen LogP contribution >= 0.6 is 11.6 Å². The van der Waals surface area contributed by atoms with Crippen molar-refractivity contribution in [3.05, 3.63) is 29.3 Å². The maximum atomic E-state index is 11.0. The highest BCUT2D eigenvalue weighted by Crippen LogP contribution is 2.23. The molecule has 0 radical (unpaired) electrons. The lowest BCUT2D eigenvalue weighted by Crippen LogP contribution is -2.34. The van der Waals surface area contributed by atoms with E-state index in [0.29, 0.717) is 6.54 Å². The second-order valence-electron chi connectivity index (χ2n) is 4.09. The number of carbonyl (C=O) groups is 1. The van der Waals surface area contributed by atoms with Crippen LogP contribution in [0, 0.1) is 13.8 Å². The van der Waals surface area contributed by atoms with Gasteiger partial charge >= 0.3 is 0 Å². The Hall–Kier alpha value is -1.22. The number of amides is 1. The van der Waals surface area contributed by atoms with E-state index in [-0.39, 0.29) is 17.9 Å². The summed E-state index contributed by atoms with van der Waals surface area (Å²) in [5.74, 6) is 0.694. The topological polar surface area (TPSA) is 38.3 Å². The van der Waals surface area contributed by atoms with Gasteiger partial charge in [0.05, 0.1) is 6.54 Å². The third-order valence-electron chi connectivity index (χ3n) is 2.44. The zero-order chi connectivity index (χ0) is 12.8. The molecular formula is C13H18ClNO2. The molecule has 0 fully saturated rings. The van der Waals surface area contributed by atoms with Gasteiger partial charge < -0.3 is 10.1 Å². The molecule has 3 nitrogen and oxygen atoms in total. The Balaban J connectivity index is 2.56. The maximum Gasteiger partial charge on any atom is 0.235 e. The zero-order valence-electron chi connectivity index (χ0n) is 10.4. The molecule has 0 saturated carbocycles. The van der Waals surface area contributed by atoms with Crippen molar-refractivity contribution >= 4 is 17.5 Å². The lowest BCUT2D eigenvalue weighted by Gasteiger charge is -2.18. The Kier molecular flexibility index (Phi) is 5.29. The number of hydrogen-bond donors (Lipinski definition) is 1. The lowest BCUT2D eigenvalue weighted by molar-refractivity contribution is -0.119. The lowest BCUT2D eigenvalue weighted by atomic mass is 10.1. The minimum atomic E-state index is -0.177. The molecule has 1 amide bonds. The summed E-state index contributed by atoms with van der Waals surface area (Å²) in [7, 11) is 0. The summed E-state index contributed by atoms with van der Waals surface area (Å²) in [4.78, 5) is 11.0. The van der Waals surface area contributed by atoms with Crippen LogP contribution in [0.25, 0.3) is 0 Å². The Bertz CT molecular complexity index is 373. The predicted octanol–water partition coefficient (Wildman–Crippen LogP) is 2.43. The van der Waals surface area contributed by atoms with Crippen molar-refractivity contribution in [2.45, 2.75) is 26.9 Å². The monoisotopic (exact) mass is 255 g/mol. The van der Waals surface area contributed by atoms with Gasteiger partial charge in [0.1, 0.15) is 17.7 Å². The van der Waals surface area contributed by atoms with Crippen LogP contribution in [0.1, 0.15) is 18.1 Å². The number of aryl methyl sites for hydroxylation is 2. The minimum Gasteiger partial charge on any atom is -0.488 e. The number of benzene rings is 1. The molecule has 0 aliphatic heterocycles. The standard InChI is InChI=1S/C13H18ClNO2/c1-9-5-4-6-10(2)13(9)17-11(3)8-15-12(16)7-14/h4-6,11H,7-8H2,1-3H3,(H,15,16). The third kappa shape index (κ3) is 4.27. The molecule has 0 saturated heterocycles. The highest BCUT2D eigenvalue weighted by atomic mass is 35.5. The van der Waals surface area contributed by atoms with Crippen LogP contribution in [-0.2, 0) is 4.79 Å². The first-order valence-corrected chi connectivity index (χ1v) is 6.13. The molecule has 4 heteroatoms. The summed E-state index contributed by atoms with van der Waals surface area (Å²) >= 11 is 5.39. The van der Waals surface area contributed by atoms with Crippen molar-refractivity contribution < 1.29 is 9.53 Å².